The number of hydrogen-bond acceptors (Lipinski definition) is 4. The molecular weight excluding hydrogens is 336 g/mol. The van der Waals surface area contributed by atoms with Crippen LogP contribution in [0.15, 0.2) is 21.2 Å². The molecule has 1 N–H and O–H groups in total. The summed E-state index contributed by atoms with van der Waals surface area (Å²) in [5, 5.41) is 3.29. The zero-order valence-corrected chi connectivity index (χ0v) is 14.8. The SMILES string of the molecule is CCN(CCCNCc1ccc(Br)o1)C(=O)OC(C)(C)C. The van der Waals surface area contributed by atoms with E-state index in [9.17, 15) is 4.79 Å². The van der Waals surface area contributed by atoms with Gasteiger partial charge in [0, 0.05) is 13.1 Å². The van der Waals surface area contributed by atoms with Crippen LogP contribution >= 0.6 is 15.9 Å². The number of nitrogens with zero attached hydrogens (tertiary/aromatic N) is 1. The number of carbonyl (C=O) groups excluding carboxylic acids is 1. The number of carbonyl (C=O) groups is 1. The van der Waals surface area contributed by atoms with E-state index in [0.717, 1.165) is 23.4 Å². The van der Waals surface area contributed by atoms with Crippen LogP contribution in [0.25, 0.3) is 0 Å². The minimum absolute atomic E-state index is 0.250. The van der Waals surface area contributed by atoms with Crippen molar-refractivity contribution in [3.63, 3.8) is 0 Å². The summed E-state index contributed by atoms with van der Waals surface area (Å²) in [5.41, 5.74) is -0.449. The first kappa shape index (κ1) is 18.0. The second kappa shape index (κ2) is 8.44. The number of nitrogens with one attached hydrogen (secondary N) is 1. The van der Waals surface area contributed by atoms with Crippen LogP contribution in [0.4, 0.5) is 4.79 Å². The van der Waals surface area contributed by atoms with Gasteiger partial charge in [-0.05, 0) is 68.7 Å². The molecule has 5 nitrogen and oxygen atoms in total. The van der Waals surface area contributed by atoms with Crippen molar-refractivity contribution in [3.05, 3.63) is 22.6 Å². The van der Waals surface area contributed by atoms with Gasteiger partial charge in [-0.1, -0.05) is 0 Å². The zero-order chi connectivity index (χ0) is 15.9. The standard InChI is InChI=1S/C15H25BrN2O3/c1-5-18(14(19)21-15(2,3)4)10-6-9-17-11-12-7-8-13(16)20-12/h7-8,17H,5-6,9-11H2,1-4H3. The van der Waals surface area contributed by atoms with Gasteiger partial charge in [0.05, 0.1) is 6.54 Å². The summed E-state index contributed by atoms with van der Waals surface area (Å²) < 4.78 is 11.5. The summed E-state index contributed by atoms with van der Waals surface area (Å²) in [5.74, 6) is 0.890. The van der Waals surface area contributed by atoms with Crippen molar-refractivity contribution < 1.29 is 13.9 Å². The van der Waals surface area contributed by atoms with Crippen molar-refractivity contribution in [3.8, 4) is 0 Å². The molecule has 0 bridgehead atoms. The molecule has 1 rings (SSSR count). The van der Waals surface area contributed by atoms with Crippen LogP contribution in [0.1, 0.15) is 39.9 Å². The van der Waals surface area contributed by atoms with Crippen LogP contribution in [0.3, 0.4) is 0 Å². The predicted molar refractivity (Wildman–Crippen MR) is 86.2 cm³/mol. The summed E-state index contributed by atoms with van der Waals surface area (Å²) in [6, 6.07) is 3.80. The van der Waals surface area contributed by atoms with Crippen molar-refractivity contribution in [1.82, 2.24) is 10.2 Å². The fraction of sp³-hybridized carbons (Fsp3) is 0.667. The average Bonchev–Trinajstić information content (AvgIpc) is 2.77. The molecule has 0 fully saturated rings. The van der Waals surface area contributed by atoms with Crippen LogP contribution in [0, 0.1) is 0 Å². The van der Waals surface area contributed by atoms with Crippen LogP contribution in [0.2, 0.25) is 0 Å². The van der Waals surface area contributed by atoms with Crippen LogP contribution < -0.4 is 5.32 Å². The molecule has 0 aromatic carbocycles. The number of amides is 1. The first-order chi connectivity index (χ1) is 9.81. The molecule has 1 aromatic rings. The highest BCUT2D eigenvalue weighted by atomic mass is 79.9. The van der Waals surface area contributed by atoms with Crippen molar-refractivity contribution in [2.45, 2.75) is 46.3 Å². The highest BCUT2D eigenvalue weighted by Gasteiger charge is 2.20. The Morgan fingerprint density at radius 3 is 2.67 bits per heavy atom. The molecule has 0 aliphatic heterocycles. The molecule has 6 heteroatoms. The maximum Gasteiger partial charge on any atom is 0.410 e. The van der Waals surface area contributed by atoms with Crippen LogP contribution in [0.5, 0.6) is 0 Å². The number of ether oxygens (including phenoxy) is 1. The van der Waals surface area contributed by atoms with E-state index >= 15 is 0 Å². The Morgan fingerprint density at radius 2 is 2.14 bits per heavy atom. The largest absolute Gasteiger partial charge is 0.453 e. The Balaban J connectivity index is 2.21. The first-order valence-electron chi connectivity index (χ1n) is 7.24. The Bertz CT molecular complexity index is 440. The predicted octanol–water partition coefficient (Wildman–Crippen LogP) is 3.78. The van der Waals surface area contributed by atoms with Crippen molar-refractivity contribution in [2.75, 3.05) is 19.6 Å². The van der Waals surface area contributed by atoms with Crippen LogP contribution in [-0.4, -0.2) is 36.2 Å². The van der Waals surface area contributed by atoms with Gasteiger partial charge in [0.2, 0.25) is 0 Å². The molecule has 0 aliphatic rings. The molecule has 0 saturated heterocycles. The van der Waals surface area contributed by atoms with Gasteiger partial charge >= 0.3 is 6.09 Å². The van der Waals surface area contributed by atoms with E-state index in [4.69, 9.17) is 9.15 Å². The Labute approximate surface area is 135 Å². The summed E-state index contributed by atoms with van der Waals surface area (Å²) in [4.78, 5) is 13.7. The third-order valence-corrected chi connectivity index (χ3v) is 3.17. The average molecular weight is 361 g/mol. The number of rotatable bonds is 7. The summed E-state index contributed by atoms with van der Waals surface area (Å²) in [6.45, 7) is 10.4. The molecule has 0 aliphatic carbocycles. The molecule has 1 heterocycles. The van der Waals surface area contributed by atoms with E-state index < -0.39 is 5.60 Å². The molecule has 0 atom stereocenters. The first-order valence-corrected chi connectivity index (χ1v) is 8.04. The number of hydrogen-bond donors (Lipinski definition) is 1. The molecule has 1 aromatic heterocycles. The van der Waals surface area contributed by atoms with Gasteiger partial charge in [0.25, 0.3) is 0 Å². The van der Waals surface area contributed by atoms with Crippen LogP contribution in [-0.2, 0) is 11.3 Å². The lowest BCUT2D eigenvalue weighted by atomic mass is 10.2. The molecular formula is C15H25BrN2O3. The van der Waals surface area contributed by atoms with Gasteiger partial charge in [-0.2, -0.15) is 0 Å². The lowest BCUT2D eigenvalue weighted by Crippen LogP contribution is -2.38. The molecule has 1 amide bonds. The van der Waals surface area contributed by atoms with Gasteiger partial charge in [-0.3, -0.25) is 0 Å². The molecule has 0 spiro atoms. The minimum atomic E-state index is -0.449. The smallest absolute Gasteiger partial charge is 0.410 e. The minimum Gasteiger partial charge on any atom is -0.453 e. The lowest BCUT2D eigenvalue weighted by Gasteiger charge is -2.26. The second-order valence-corrected chi connectivity index (χ2v) is 6.58. The van der Waals surface area contributed by atoms with E-state index in [1.54, 1.807) is 4.90 Å². The van der Waals surface area contributed by atoms with E-state index in [0.29, 0.717) is 19.6 Å². The molecule has 120 valence electrons. The van der Waals surface area contributed by atoms with Gasteiger partial charge < -0.3 is 19.4 Å². The summed E-state index contributed by atoms with van der Waals surface area (Å²) >= 11 is 3.27. The second-order valence-electron chi connectivity index (χ2n) is 5.80. The fourth-order valence-electron chi connectivity index (χ4n) is 1.76. The van der Waals surface area contributed by atoms with E-state index in [2.05, 4.69) is 21.2 Å². The normalized spacial score (nSPS) is 11.5. The quantitative estimate of drug-likeness (QED) is 0.751. The van der Waals surface area contributed by atoms with E-state index in [-0.39, 0.29) is 6.09 Å². The van der Waals surface area contributed by atoms with Gasteiger partial charge in [-0.25, -0.2) is 4.79 Å². The topological polar surface area (TPSA) is 54.7 Å². The maximum atomic E-state index is 11.9. The lowest BCUT2D eigenvalue weighted by molar-refractivity contribution is 0.0258. The molecule has 0 radical (unpaired) electrons. The van der Waals surface area contributed by atoms with E-state index in [1.807, 2.05) is 39.8 Å². The third-order valence-electron chi connectivity index (χ3n) is 2.74. The number of furan rings is 1. The molecule has 0 unspecified atom stereocenters. The summed E-state index contributed by atoms with van der Waals surface area (Å²) in [7, 11) is 0. The fourth-order valence-corrected chi connectivity index (χ4v) is 2.10. The van der Waals surface area contributed by atoms with Crippen molar-refractivity contribution in [2.24, 2.45) is 0 Å². The molecule has 0 saturated carbocycles. The summed E-state index contributed by atoms with van der Waals surface area (Å²) in [6.07, 6.45) is 0.620. The third kappa shape index (κ3) is 7.52. The van der Waals surface area contributed by atoms with Gasteiger partial charge in [-0.15, -0.1) is 0 Å². The monoisotopic (exact) mass is 360 g/mol. The highest BCUT2D eigenvalue weighted by molar-refractivity contribution is 9.10. The Hall–Kier alpha value is -1.01. The maximum absolute atomic E-state index is 11.9. The van der Waals surface area contributed by atoms with Gasteiger partial charge in [0.1, 0.15) is 11.4 Å². The van der Waals surface area contributed by atoms with Gasteiger partial charge in [0.15, 0.2) is 4.67 Å². The van der Waals surface area contributed by atoms with Crippen molar-refractivity contribution >= 4 is 22.0 Å². The zero-order valence-electron chi connectivity index (χ0n) is 13.2. The molecule has 21 heavy (non-hydrogen) atoms. The Morgan fingerprint density at radius 1 is 1.43 bits per heavy atom. The number of halogens is 1. The highest BCUT2D eigenvalue weighted by Crippen LogP contribution is 2.13. The van der Waals surface area contributed by atoms with Crippen molar-refractivity contribution in [1.29, 1.82) is 0 Å². The van der Waals surface area contributed by atoms with E-state index in [1.165, 1.54) is 0 Å². The Kier molecular flexibility index (Phi) is 7.25.